The Labute approximate surface area is 118 Å². The molecule has 0 unspecified atom stereocenters. The first-order valence-corrected chi connectivity index (χ1v) is 8.01. The number of aromatic nitrogens is 1. The van der Waals surface area contributed by atoms with E-state index in [0.29, 0.717) is 9.79 Å². The Bertz CT molecular complexity index is 849. The number of aryl methyl sites for hydroxylation is 1. The molecule has 0 fully saturated rings. The smallest absolute Gasteiger partial charge is 0.208 e. The second kappa shape index (κ2) is 4.80. The van der Waals surface area contributed by atoms with Crippen LogP contribution in [-0.2, 0) is 16.3 Å². The van der Waals surface area contributed by atoms with Gasteiger partial charge in [0.2, 0.25) is 9.84 Å². The fourth-order valence-electron chi connectivity index (χ4n) is 2.31. The molecule has 1 heterocycles. The first-order chi connectivity index (χ1) is 9.63. The fraction of sp³-hybridized carbons (Fsp3) is 0.125. The summed E-state index contributed by atoms with van der Waals surface area (Å²) in [5.74, 6) is 0. The van der Waals surface area contributed by atoms with Gasteiger partial charge < -0.3 is 4.98 Å². The number of benzene rings is 2. The lowest BCUT2D eigenvalue weighted by Crippen LogP contribution is -2.00. The summed E-state index contributed by atoms with van der Waals surface area (Å²) in [5, 5.41) is 0.758. The fourth-order valence-corrected chi connectivity index (χ4v) is 3.75. The molecular formula is C16H15NO2S. The van der Waals surface area contributed by atoms with Gasteiger partial charge in [-0.05, 0) is 36.2 Å². The Kier molecular flexibility index (Phi) is 3.10. The number of sulfone groups is 1. The third kappa shape index (κ3) is 2.02. The van der Waals surface area contributed by atoms with Gasteiger partial charge in [-0.15, -0.1) is 0 Å². The molecule has 20 heavy (non-hydrogen) atoms. The average molecular weight is 285 g/mol. The highest BCUT2D eigenvalue weighted by Crippen LogP contribution is 2.28. The molecule has 0 saturated carbocycles. The van der Waals surface area contributed by atoms with Gasteiger partial charge in [0.1, 0.15) is 0 Å². The maximum absolute atomic E-state index is 12.7. The number of hydrogen-bond donors (Lipinski definition) is 1. The Hall–Kier alpha value is -2.07. The minimum absolute atomic E-state index is 0.322. The highest BCUT2D eigenvalue weighted by Gasteiger charge is 2.21. The molecule has 2 aromatic carbocycles. The highest BCUT2D eigenvalue weighted by molar-refractivity contribution is 7.91. The molecule has 0 aliphatic heterocycles. The van der Waals surface area contributed by atoms with Crippen LogP contribution >= 0.6 is 0 Å². The molecule has 0 bridgehead atoms. The molecular weight excluding hydrogens is 270 g/mol. The molecule has 3 rings (SSSR count). The molecule has 3 nitrogen and oxygen atoms in total. The first kappa shape index (κ1) is 12.9. The van der Waals surface area contributed by atoms with Gasteiger partial charge >= 0.3 is 0 Å². The molecule has 0 aliphatic carbocycles. The molecule has 0 atom stereocenters. The molecule has 1 aromatic heterocycles. The number of rotatable bonds is 3. The van der Waals surface area contributed by atoms with E-state index in [1.807, 2.05) is 24.3 Å². The van der Waals surface area contributed by atoms with Gasteiger partial charge in [-0.25, -0.2) is 8.42 Å². The number of H-pyrrole nitrogens is 1. The minimum atomic E-state index is -3.48. The van der Waals surface area contributed by atoms with Crippen molar-refractivity contribution >= 4 is 20.7 Å². The summed E-state index contributed by atoms with van der Waals surface area (Å²) < 4.78 is 25.4. The Morgan fingerprint density at radius 1 is 1.05 bits per heavy atom. The maximum atomic E-state index is 12.7. The van der Waals surface area contributed by atoms with E-state index < -0.39 is 9.84 Å². The number of hydrogen-bond acceptors (Lipinski definition) is 2. The molecule has 0 amide bonds. The van der Waals surface area contributed by atoms with Crippen molar-refractivity contribution in [2.24, 2.45) is 0 Å². The second-order valence-electron chi connectivity index (χ2n) is 4.70. The predicted octanol–water partition coefficient (Wildman–Crippen LogP) is 3.56. The molecule has 4 heteroatoms. The van der Waals surface area contributed by atoms with Crippen molar-refractivity contribution in [3.8, 4) is 0 Å². The van der Waals surface area contributed by atoms with E-state index in [1.165, 1.54) is 0 Å². The third-order valence-electron chi connectivity index (χ3n) is 3.46. The van der Waals surface area contributed by atoms with E-state index in [-0.39, 0.29) is 0 Å². The molecule has 0 aliphatic rings. The molecule has 3 aromatic rings. The topological polar surface area (TPSA) is 49.9 Å². The van der Waals surface area contributed by atoms with Crippen molar-refractivity contribution < 1.29 is 8.42 Å². The summed E-state index contributed by atoms with van der Waals surface area (Å²) in [4.78, 5) is 3.70. The molecule has 0 radical (unpaired) electrons. The molecule has 0 spiro atoms. The van der Waals surface area contributed by atoms with Crippen LogP contribution < -0.4 is 0 Å². The van der Waals surface area contributed by atoms with Crippen LogP contribution in [0.25, 0.3) is 10.9 Å². The van der Waals surface area contributed by atoms with Crippen molar-refractivity contribution in [1.82, 2.24) is 4.98 Å². The largest absolute Gasteiger partial charge is 0.360 e. The van der Waals surface area contributed by atoms with E-state index in [0.717, 1.165) is 22.9 Å². The Balaban J connectivity index is 2.24. The van der Waals surface area contributed by atoms with Crippen LogP contribution in [0.4, 0.5) is 0 Å². The van der Waals surface area contributed by atoms with Crippen molar-refractivity contribution in [2.45, 2.75) is 23.1 Å². The lowest BCUT2D eigenvalue weighted by atomic mass is 10.1. The second-order valence-corrected chi connectivity index (χ2v) is 6.62. The molecule has 0 saturated heterocycles. The lowest BCUT2D eigenvalue weighted by molar-refractivity contribution is 0.597. The van der Waals surface area contributed by atoms with Crippen LogP contribution in [0.15, 0.2) is 64.5 Å². The number of aromatic amines is 1. The lowest BCUT2D eigenvalue weighted by Gasteiger charge is -2.04. The van der Waals surface area contributed by atoms with Crippen molar-refractivity contribution in [1.29, 1.82) is 0 Å². The van der Waals surface area contributed by atoms with Crippen LogP contribution in [0.3, 0.4) is 0 Å². The summed E-state index contributed by atoms with van der Waals surface area (Å²) in [5.41, 5.74) is 1.97. The van der Waals surface area contributed by atoms with Crippen LogP contribution in [0.1, 0.15) is 12.5 Å². The van der Waals surface area contributed by atoms with Gasteiger partial charge in [-0.1, -0.05) is 31.2 Å². The van der Waals surface area contributed by atoms with E-state index in [1.54, 1.807) is 30.5 Å². The zero-order chi connectivity index (χ0) is 14.2. The van der Waals surface area contributed by atoms with Gasteiger partial charge in [0, 0.05) is 17.1 Å². The minimum Gasteiger partial charge on any atom is -0.360 e. The van der Waals surface area contributed by atoms with Crippen molar-refractivity contribution in [3.05, 3.63) is 60.3 Å². The number of nitrogens with one attached hydrogen (secondary N) is 1. The van der Waals surface area contributed by atoms with Crippen LogP contribution in [-0.4, -0.2) is 13.4 Å². The van der Waals surface area contributed by atoms with Gasteiger partial charge in [-0.3, -0.25) is 0 Å². The van der Waals surface area contributed by atoms with Crippen molar-refractivity contribution in [2.75, 3.05) is 0 Å². The van der Waals surface area contributed by atoms with E-state index in [2.05, 4.69) is 11.9 Å². The van der Waals surface area contributed by atoms with E-state index >= 15 is 0 Å². The standard InChI is InChI=1S/C16H15NO2S/c1-2-12-8-9-15-14(10-12)16(11-17-15)20(18,19)13-6-4-3-5-7-13/h3-11,17H,2H2,1H3. The van der Waals surface area contributed by atoms with Gasteiger partial charge in [0.05, 0.1) is 9.79 Å². The third-order valence-corrected chi connectivity index (χ3v) is 5.27. The van der Waals surface area contributed by atoms with Crippen LogP contribution in [0, 0.1) is 0 Å². The zero-order valence-corrected chi connectivity index (χ0v) is 11.9. The summed E-state index contributed by atoms with van der Waals surface area (Å²) >= 11 is 0. The quantitative estimate of drug-likeness (QED) is 0.800. The van der Waals surface area contributed by atoms with Crippen LogP contribution in [0.2, 0.25) is 0 Å². The van der Waals surface area contributed by atoms with E-state index in [4.69, 9.17) is 0 Å². The van der Waals surface area contributed by atoms with Crippen LogP contribution in [0.5, 0.6) is 0 Å². The summed E-state index contributed by atoms with van der Waals surface area (Å²) in [7, 11) is -3.48. The Morgan fingerprint density at radius 2 is 1.80 bits per heavy atom. The highest BCUT2D eigenvalue weighted by atomic mass is 32.2. The van der Waals surface area contributed by atoms with Gasteiger partial charge in [0.15, 0.2) is 0 Å². The Morgan fingerprint density at radius 3 is 2.50 bits per heavy atom. The average Bonchev–Trinajstić information content (AvgIpc) is 2.91. The summed E-state index contributed by atoms with van der Waals surface area (Å²) in [6, 6.07) is 14.4. The number of fused-ring (bicyclic) bond motifs is 1. The van der Waals surface area contributed by atoms with Gasteiger partial charge in [-0.2, -0.15) is 0 Å². The SMILES string of the molecule is CCc1ccc2[nH]cc(S(=O)(=O)c3ccccc3)c2c1. The predicted molar refractivity (Wildman–Crippen MR) is 79.6 cm³/mol. The maximum Gasteiger partial charge on any atom is 0.208 e. The van der Waals surface area contributed by atoms with E-state index in [9.17, 15) is 8.42 Å². The normalized spacial score (nSPS) is 11.8. The molecule has 102 valence electrons. The van der Waals surface area contributed by atoms with Gasteiger partial charge in [0.25, 0.3) is 0 Å². The molecule has 1 N–H and O–H groups in total. The monoisotopic (exact) mass is 285 g/mol. The summed E-state index contributed by atoms with van der Waals surface area (Å²) in [6.07, 6.45) is 2.46. The first-order valence-electron chi connectivity index (χ1n) is 6.53. The van der Waals surface area contributed by atoms with Crippen molar-refractivity contribution in [3.63, 3.8) is 0 Å². The summed E-state index contributed by atoms with van der Waals surface area (Å²) in [6.45, 7) is 2.05. The zero-order valence-electron chi connectivity index (χ0n) is 11.1.